The summed E-state index contributed by atoms with van der Waals surface area (Å²) in [5, 5.41) is 9.24. The molecule has 0 aliphatic heterocycles. The lowest BCUT2D eigenvalue weighted by molar-refractivity contribution is 0.567. The molecule has 1 atom stereocenters. The van der Waals surface area contributed by atoms with Gasteiger partial charge in [-0.05, 0) is 30.7 Å². The van der Waals surface area contributed by atoms with Gasteiger partial charge in [-0.2, -0.15) is 0 Å². The van der Waals surface area contributed by atoms with Crippen LogP contribution in [0.3, 0.4) is 0 Å². The van der Waals surface area contributed by atoms with Gasteiger partial charge in [0, 0.05) is 23.7 Å². The monoisotopic (exact) mass is 220 g/mol. The van der Waals surface area contributed by atoms with Gasteiger partial charge in [-0.3, -0.25) is 4.98 Å². The van der Waals surface area contributed by atoms with Gasteiger partial charge >= 0.3 is 0 Å². The smallest absolute Gasteiger partial charge is 0.0928 e. The zero-order valence-electron chi connectivity index (χ0n) is 8.42. The van der Waals surface area contributed by atoms with Crippen LogP contribution in [-0.2, 0) is 6.42 Å². The van der Waals surface area contributed by atoms with Crippen LogP contribution in [-0.4, -0.2) is 21.6 Å². The Labute approximate surface area is 92.5 Å². The Kier molecular flexibility index (Phi) is 3.37. The molecular weight excluding hydrogens is 208 g/mol. The van der Waals surface area contributed by atoms with Gasteiger partial charge in [0.15, 0.2) is 0 Å². The molecule has 0 spiro atoms. The summed E-state index contributed by atoms with van der Waals surface area (Å²) in [4.78, 5) is 4.29. The third-order valence-electron chi connectivity index (χ3n) is 2.22. The Morgan fingerprint density at radius 1 is 1.47 bits per heavy atom. The summed E-state index contributed by atoms with van der Waals surface area (Å²) in [5.41, 5.74) is 2.04. The first kappa shape index (κ1) is 10.2. The van der Waals surface area contributed by atoms with E-state index in [9.17, 15) is 0 Å². The molecule has 0 aliphatic carbocycles. The standard InChI is InChI=1S/C10H12N4S/c1-11-9(10-7-15-14-13-10)6-8-4-2-3-5-12-8/h2-5,7,9,11H,6H2,1H3. The van der Waals surface area contributed by atoms with E-state index >= 15 is 0 Å². The molecule has 1 N–H and O–H groups in total. The maximum atomic E-state index is 4.29. The highest BCUT2D eigenvalue weighted by Crippen LogP contribution is 2.15. The van der Waals surface area contributed by atoms with Crippen molar-refractivity contribution in [3.8, 4) is 0 Å². The van der Waals surface area contributed by atoms with E-state index in [-0.39, 0.29) is 6.04 Å². The molecule has 2 rings (SSSR count). The first-order valence-electron chi connectivity index (χ1n) is 4.74. The van der Waals surface area contributed by atoms with Crippen LogP contribution in [0.2, 0.25) is 0 Å². The van der Waals surface area contributed by atoms with Gasteiger partial charge in [-0.25, -0.2) is 0 Å². The quantitative estimate of drug-likeness (QED) is 0.847. The molecule has 2 aromatic rings. The van der Waals surface area contributed by atoms with E-state index in [4.69, 9.17) is 0 Å². The first-order valence-corrected chi connectivity index (χ1v) is 5.58. The first-order chi connectivity index (χ1) is 7.40. The van der Waals surface area contributed by atoms with Gasteiger partial charge in [0.05, 0.1) is 11.7 Å². The Morgan fingerprint density at radius 2 is 2.40 bits per heavy atom. The summed E-state index contributed by atoms with van der Waals surface area (Å²) >= 11 is 1.37. The van der Waals surface area contributed by atoms with Crippen LogP contribution in [0, 0.1) is 0 Å². The van der Waals surface area contributed by atoms with Crippen LogP contribution in [0.5, 0.6) is 0 Å². The van der Waals surface area contributed by atoms with E-state index in [1.54, 1.807) is 6.20 Å². The highest BCUT2D eigenvalue weighted by molar-refractivity contribution is 7.03. The van der Waals surface area contributed by atoms with Crippen LogP contribution < -0.4 is 5.32 Å². The summed E-state index contributed by atoms with van der Waals surface area (Å²) in [6.45, 7) is 0. The minimum Gasteiger partial charge on any atom is -0.311 e. The van der Waals surface area contributed by atoms with Crippen molar-refractivity contribution in [2.24, 2.45) is 0 Å². The van der Waals surface area contributed by atoms with Crippen molar-refractivity contribution in [2.45, 2.75) is 12.5 Å². The van der Waals surface area contributed by atoms with Crippen LogP contribution in [0.1, 0.15) is 17.4 Å². The molecule has 2 heterocycles. The van der Waals surface area contributed by atoms with Gasteiger partial charge < -0.3 is 5.32 Å². The maximum Gasteiger partial charge on any atom is 0.0928 e. The zero-order chi connectivity index (χ0) is 10.5. The molecule has 0 bridgehead atoms. The molecule has 0 saturated carbocycles. The third-order valence-corrected chi connectivity index (χ3v) is 2.74. The van der Waals surface area contributed by atoms with Gasteiger partial charge in [0.2, 0.25) is 0 Å². The molecular formula is C10H12N4S. The van der Waals surface area contributed by atoms with E-state index < -0.39 is 0 Å². The van der Waals surface area contributed by atoms with Crippen LogP contribution in [0.4, 0.5) is 0 Å². The molecule has 5 heteroatoms. The lowest BCUT2D eigenvalue weighted by atomic mass is 10.1. The number of pyridine rings is 1. The number of likely N-dealkylation sites (N-methyl/N-ethyl adjacent to an activating group) is 1. The maximum absolute atomic E-state index is 4.29. The molecule has 1 unspecified atom stereocenters. The minimum absolute atomic E-state index is 0.193. The fourth-order valence-electron chi connectivity index (χ4n) is 1.41. The molecule has 0 aliphatic rings. The second-order valence-corrected chi connectivity index (χ2v) is 3.81. The van der Waals surface area contributed by atoms with E-state index in [1.807, 2.05) is 30.6 Å². The largest absolute Gasteiger partial charge is 0.311 e. The number of hydrogen-bond acceptors (Lipinski definition) is 5. The van der Waals surface area contributed by atoms with Gasteiger partial charge in [-0.15, -0.1) is 5.10 Å². The number of nitrogens with one attached hydrogen (secondary N) is 1. The number of rotatable bonds is 4. The highest BCUT2D eigenvalue weighted by atomic mass is 32.1. The molecule has 0 radical (unpaired) electrons. The summed E-state index contributed by atoms with van der Waals surface area (Å²) < 4.78 is 3.86. The Bertz CT molecular complexity index is 387. The van der Waals surface area contributed by atoms with Crippen LogP contribution in [0.25, 0.3) is 0 Å². The number of nitrogens with zero attached hydrogens (tertiary/aromatic N) is 3. The van der Waals surface area contributed by atoms with Crippen molar-refractivity contribution < 1.29 is 0 Å². The normalized spacial score (nSPS) is 12.6. The molecule has 15 heavy (non-hydrogen) atoms. The van der Waals surface area contributed by atoms with Crippen molar-refractivity contribution in [1.82, 2.24) is 19.9 Å². The molecule has 0 saturated heterocycles. The number of hydrogen-bond donors (Lipinski definition) is 1. The van der Waals surface area contributed by atoms with Crippen molar-refractivity contribution in [2.75, 3.05) is 7.05 Å². The average molecular weight is 220 g/mol. The van der Waals surface area contributed by atoms with Crippen LogP contribution >= 0.6 is 11.5 Å². The average Bonchev–Trinajstić information content (AvgIpc) is 2.81. The Morgan fingerprint density at radius 3 is 3.00 bits per heavy atom. The number of aromatic nitrogens is 3. The van der Waals surface area contributed by atoms with Gasteiger partial charge in [-0.1, -0.05) is 10.6 Å². The minimum atomic E-state index is 0.193. The van der Waals surface area contributed by atoms with Crippen LogP contribution in [0.15, 0.2) is 29.8 Å². The third kappa shape index (κ3) is 2.57. The van der Waals surface area contributed by atoms with E-state index in [2.05, 4.69) is 19.9 Å². The molecule has 2 aromatic heterocycles. The summed E-state index contributed by atoms with van der Waals surface area (Å²) in [6, 6.07) is 6.12. The molecule has 0 aromatic carbocycles. The summed E-state index contributed by atoms with van der Waals surface area (Å²) in [6.07, 6.45) is 2.64. The molecule has 78 valence electrons. The van der Waals surface area contributed by atoms with Crippen molar-refractivity contribution in [3.63, 3.8) is 0 Å². The Hall–Kier alpha value is -1.33. The predicted octanol–water partition coefficient (Wildman–Crippen LogP) is 1.44. The van der Waals surface area contributed by atoms with E-state index in [0.29, 0.717) is 0 Å². The zero-order valence-corrected chi connectivity index (χ0v) is 9.24. The lowest BCUT2D eigenvalue weighted by Crippen LogP contribution is -2.19. The van der Waals surface area contributed by atoms with Gasteiger partial charge in [0.1, 0.15) is 0 Å². The molecule has 0 amide bonds. The van der Waals surface area contributed by atoms with E-state index in [1.165, 1.54) is 11.5 Å². The lowest BCUT2D eigenvalue weighted by Gasteiger charge is -2.12. The van der Waals surface area contributed by atoms with Gasteiger partial charge in [0.25, 0.3) is 0 Å². The SMILES string of the molecule is CNC(Cc1ccccn1)c1csnn1. The van der Waals surface area contributed by atoms with E-state index in [0.717, 1.165) is 17.8 Å². The van der Waals surface area contributed by atoms with Crippen molar-refractivity contribution in [1.29, 1.82) is 0 Å². The Balaban J connectivity index is 2.10. The highest BCUT2D eigenvalue weighted by Gasteiger charge is 2.12. The molecule has 0 fully saturated rings. The fraction of sp³-hybridized carbons (Fsp3) is 0.300. The second-order valence-electron chi connectivity index (χ2n) is 3.20. The topological polar surface area (TPSA) is 50.7 Å². The summed E-state index contributed by atoms with van der Waals surface area (Å²) in [7, 11) is 1.92. The second kappa shape index (κ2) is 4.95. The van der Waals surface area contributed by atoms with Crippen molar-refractivity contribution >= 4 is 11.5 Å². The fourth-order valence-corrected chi connectivity index (χ4v) is 1.91. The predicted molar refractivity (Wildman–Crippen MR) is 59.7 cm³/mol. The van der Waals surface area contributed by atoms with Crippen molar-refractivity contribution in [3.05, 3.63) is 41.2 Å². The summed E-state index contributed by atoms with van der Waals surface area (Å²) in [5.74, 6) is 0. The molecule has 4 nitrogen and oxygen atoms in total.